The maximum absolute atomic E-state index is 13.2. The number of para-hydroxylation sites is 1. The van der Waals surface area contributed by atoms with Crippen molar-refractivity contribution in [3.63, 3.8) is 0 Å². The molecule has 40 heavy (non-hydrogen) atoms. The first-order chi connectivity index (χ1) is 19.2. The number of benzene rings is 2. The van der Waals surface area contributed by atoms with E-state index < -0.39 is 41.6 Å². The van der Waals surface area contributed by atoms with Crippen molar-refractivity contribution < 1.29 is 33.1 Å². The second kappa shape index (κ2) is 15.2. The summed E-state index contributed by atoms with van der Waals surface area (Å²) < 4.78 is 18.9. The highest BCUT2D eigenvalue weighted by Crippen LogP contribution is 2.19. The number of primary amides is 1. The van der Waals surface area contributed by atoms with Crippen molar-refractivity contribution in [2.75, 3.05) is 19.7 Å². The van der Waals surface area contributed by atoms with Gasteiger partial charge in [-0.05, 0) is 55.5 Å². The molecule has 1 aliphatic heterocycles. The van der Waals surface area contributed by atoms with Gasteiger partial charge in [0, 0.05) is 25.9 Å². The van der Waals surface area contributed by atoms with Gasteiger partial charge >= 0.3 is 0 Å². The van der Waals surface area contributed by atoms with Crippen LogP contribution in [0, 0.1) is 5.82 Å². The first kappa shape index (κ1) is 30.1. The lowest BCUT2D eigenvalue weighted by atomic mass is 10.1. The molecule has 0 saturated heterocycles. The Morgan fingerprint density at radius 3 is 2.55 bits per heavy atom. The van der Waals surface area contributed by atoms with Crippen LogP contribution in [-0.4, -0.2) is 61.3 Å². The molecule has 0 fully saturated rings. The number of hydrogen-bond donors (Lipinski definition) is 5. The van der Waals surface area contributed by atoms with Gasteiger partial charge in [-0.3, -0.25) is 24.0 Å². The van der Waals surface area contributed by atoms with Gasteiger partial charge < -0.3 is 31.7 Å². The van der Waals surface area contributed by atoms with Gasteiger partial charge in [0.25, 0.3) is 5.91 Å². The number of amides is 5. The SMILES string of the molecule is NC(=O)CCC1NC(=O)CC[C@@H](C(=O)NCCc2ccc(F)cc2)NC(=O)c2ccccc2OCCCNC1=O. The molecule has 0 saturated carbocycles. The van der Waals surface area contributed by atoms with Crippen molar-refractivity contribution in [2.45, 2.75) is 50.6 Å². The largest absolute Gasteiger partial charge is 0.493 e. The fraction of sp³-hybridized carbons (Fsp3) is 0.393. The Morgan fingerprint density at radius 2 is 1.80 bits per heavy atom. The molecular formula is C28H34FN5O6. The highest BCUT2D eigenvalue weighted by atomic mass is 19.1. The number of ether oxygens (including phenoxy) is 1. The molecule has 0 aliphatic carbocycles. The standard InChI is InChI=1S/C28H34FN5O6/c29-19-8-6-18(7-9-19)14-16-32-28(39)22-11-13-25(36)33-21(10-12-24(30)35)27(38)31-15-3-17-40-23-5-2-1-4-20(23)26(37)34-22/h1-2,4-9,21-22H,3,10-17H2,(H2,30,35)(H,31,38)(H,32,39)(H,33,36)(H,34,37)/t21?,22-/m0/s1. The Hall–Kier alpha value is -4.48. The minimum atomic E-state index is -1.08. The zero-order valence-corrected chi connectivity index (χ0v) is 22.0. The van der Waals surface area contributed by atoms with Gasteiger partial charge in [0.15, 0.2) is 0 Å². The summed E-state index contributed by atoms with van der Waals surface area (Å²) in [6.45, 7) is 0.657. The number of rotatable bonds is 7. The predicted octanol–water partition coefficient (Wildman–Crippen LogP) is 0.712. The van der Waals surface area contributed by atoms with Crippen molar-refractivity contribution in [3.8, 4) is 5.75 Å². The Kier molecular flexibility index (Phi) is 11.4. The van der Waals surface area contributed by atoms with Crippen LogP contribution in [0.3, 0.4) is 0 Å². The molecule has 2 aromatic carbocycles. The van der Waals surface area contributed by atoms with Gasteiger partial charge in [-0.15, -0.1) is 0 Å². The number of fused-ring (bicyclic) bond motifs is 1. The fourth-order valence-corrected chi connectivity index (χ4v) is 4.08. The summed E-state index contributed by atoms with van der Waals surface area (Å²) in [5, 5.41) is 10.7. The van der Waals surface area contributed by atoms with E-state index in [-0.39, 0.29) is 56.8 Å². The maximum Gasteiger partial charge on any atom is 0.255 e. The van der Waals surface area contributed by atoms with Gasteiger partial charge in [-0.2, -0.15) is 0 Å². The third-order valence-electron chi connectivity index (χ3n) is 6.25. The van der Waals surface area contributed by atoms with Crippen LogP contribution < -0.4 is 31.7 Å². The minimum absolute atomic E-state index is 0.0147. The molecule has 0 bridgehead atoms. The van der Waals surface area contributed by atoms with Crippen LogP contribution in [0.4, 0.5) is 4.39 Å². The highest BCUT2D eigenvalue weighted by molar-refractivity contribution is 5.99. The zero-order chi connectivity index (χ0) is 28.9. The molecule has 5 amide bonds. The van der Waals surface area contributed by atoms with Crippen molar-refractivity contribution >= 4 is 29.5 Å². The molecule has 1 unspecified atom stereocenters. The van der Waals surface area contributed by atoms with Crippen LogP contribution in [-0.2, 0) is 25.6 Å². The lowest BCUT2D eigenvalue weighted by Gasteiger charge is -2.22. The lowest BCUT2D eigenvalue weighted by Crippen LogP contribution is -2.49. The van der Waals surface area contributed by atoms with Crippen LogP contribution in [0.1, 0.15) is 48.0 Å². The molecule has 2 aromatic rings. The molecule has 3 rings (SSSR count). The Balaban J connectivity index is 1.75. The Bertz CT molecular complexity index is 1210. The summed E-state index contributed by atoms with van der Waals surface area (Å²) in [7, 11) is 0. The van der Waals surface area contributed by atoms with Crippen LogP contribution in [0.15, 0.2) is 48.5 Å². The van der Waals surface area contributed by atoms with E-state index >= 15 is 0 Å². The molecule has 0 aromatic heterocycles. The summed E-state index contributed by atoms with van der Waals surface area (Å²) in [4.78, 5) is 62.9. The third-order valence-corrected chi connectivity index (χ3v) is 6.25. The van der Waals surface area contributed by atoms with Crippen molar-refractivity contribution in [2.24, 2.45) is 5.73 Å². The quantitative estimate of drug-likeness (QED) is 0.337. The van der Waals surface area contributed by atoms with E-state index in [0.29, 0.717) is 18.6 Å². The van der Waals surface area contributed by atoms with E-state index in [4.69, 9.17) is 10.5 Å². The molecule has 214 valence electrons. The van der Waals surface area contributed by atoms with E-state index in [9.17, 15) is 28.4 Å². The van der Waals surface area contributed by atoms with Gasteiger partial charge in [0.2, 0.25) is 23.6 Å². The van der Waals surface area contributed by atoms with Gasteiger partial charge in [0.1, 0.15) is 23.7 Å². The smallest absolute Gasteiger partial charge is 0.255 e. The average molecular weight is 556 g/mol. The third kappa shape index (κ3) is 9.68. The molecule has 2 atom stereocenters. The van der Waals surface area contributed by atoms with E-state index in [1.807, 2.05) is 0 Å². The van der Waals surface area contributed by atoms with Gasteiger partial charge in [-0.25, -0.2) is 4.39 Å². The Labute approximate surface area is 231 Å². The van der Waals surface area contributed by atoms with Crippen molar-refractivity contribution in [1.82, 2.24) is 21.3 Å². The molecule has 12 heteroatoms. The summed E-state index contributed by atoms with van der Waals surface area (Å²) in [6.07, 6.45) is 0.508. The number of halogens is 1. The van der Waals surface area contributed by atoms with E-state index in [1.54, 1.807) is 36.4 Å². The predicted molar refractivity (Wildman–Crippen MR) is 144 cm³/mol. The van der Waals surface area contributed by atoms with Crippen LogP contribution in [0.25, 0.3) is 0 Å². The molecular weight excluding hydrogens is 521 g/mol. The highest BCUT2D eigenvalue weighted by Gasteiger charge is 2.26. The van der Waals surface area contributed by atoms with E-state index in [2.05, 4.69) is 21.3 Å². The average Bonchev–Trinajstić information content (AvgIpc) is 2.93. The van der Waals surface area contributed by atoms with Crippen molar-refractivity contribution in [1.29, 1.82) is 0 Å². The molecule has 0 radical (unpaired) electrons. The number of carbonyl (C=O) groups excluding carboxylic acids is 5. The molecule has 11 nitrogen and oxygen atoms in total. The van der Waals surface area contributed by atoms with E-state index in [1.165, 1.54) is 12.1 Å². The first-order valence-corrected chi connectivity index (χ1v) is 13.1. The minimum Gasteiger partial charge on any atom is -0.493 e. The summed E-state index contributed by atoms with van der Waals surface area (Å²) in [6, 6.07) is 10.4. The number of carbonyl (C=O) groups is 5. The lowest BCUT2D eigenvalue weighted by molar-refractivity contribution is -0.130. The Morgan fingerprint density at radius 1 is 1.05 bits per heavy atom. The second-order valence-electron chi connectivity index (χ2n) is 9.35. The molecule has 1 aliphatic rings. The van der Waals surface area contributed by atoms with Crippen LogP contribution in [0.2, 0.25) is 0 Å². The number of hydrogen-bond acceptors (Lipinski definition) is 6. The molecule has 6 N–H and O–H groups in total. The van der Waals surface area contributed by atoms with Crippen LogP contribution in [0.5, 0.6) is 5.75 Å². The number of nitrogens with two attached hydrogens (primary N) is 1. The maximum atomic E-state index is 13.2. The van der Waals surface area contributed by atoms with Gasteiger partial charge in [0.05, 0.1) is 12.2 Å². The zero-order valence-electron chi connectivity index (χ0n) is 22.0. The van der Waals surface area contributed by atoms with E-state index in [0.717, 1.165) is 5.56 Å². The summed E-state index contributed by atoms with van der Waals surface area (Å²) in [5.74, 6) is -2.71. The number of nitrogens with one attached hydrogen (secondary N) is 4. The van der Waals surface area contributed by atoms with Crippen molar-refractivity contribution in [3.05, 3.63) is 65.5 Å². The normalized spacial score (nSPS) is 18.8. The first-order valence-electron chi connectivity index (χ1n) is 13.1. The van der Waals surface area contributed by atoms with Crippen LogP contribution >= 0.6 is 0 Å². The topological polar surface area (TPSA) is 169 Å². The van der Waals surface area contributed by atoms with Gasteiger partial charge in [-0.1, -0.05) is 24.3 Å². The second-order valence-corrected chi connectivity index (χ2v) is 9.35. The fourth-order valence-electron chi connectivity index (χ4n) is 4.08. The monoisotopic (exact) mass is 555 g/mol. The molecule has 1 heterocycles. The summed E-state index contributed by atoms with van der Waals surface area (Å²) >= 11 is 0. The molecule has 0 spiro atoms. The summed E-state index contributed by atoms with van der Waals surface area (Å²) in [5.41, 5.74) is 6.25.